The summed E-state index contributed by atoms with van der Waals surface area (Å²) in [4.78, 5) is 14.9. The molecule has 1 aromatic rings. The number of amides is 1. The number of nitrogens with zero attached hydrogens (tertiary/aromatic N) is 1. The molecule has 1 aliphatic rings. The van der Waals surface area contributed by atoms with Gasteiger partial charge in [-0.1, -0.05) is 0 Å². The molecule has 1 N–H and O–H groups in total. The number of methoxy groups -OCH3 is 1. The summed E-state index contributed by atoms with van der Waals surface area (Å²) >= 11 is 0. The van der Waals surface area contributed by atoms with Gasteiger partial charge in [-0.05, 0) is 5.56 Å². The van der Waals surface area contributed by atoms with E-state index in [0.717, 1.165) is 11.3 Å². The first-order chi connectivity index (χ1) is 5.79. The summed E-state index contributed by atoms with van der Waals surface area (Å²) in [5, 5.41) is 2.69. The van der Waals surface area contributed by atoms with Crippen molar-refractivity contribution in [1.29, 1.82) is 0 Å². The average Bonchev–Trinajstić information content (AvgIpc) is 2.43. The van der Waals surface area contributed by atoms with Gasteiger partial charge in [-0.15, -0.1) is 0 Å². The molecule has 4 heteroatoms. The fourth-order valence-corrected chi connectivity index (χ4v) is 1.21. The standard InChI is InChI=1S/C8H8N2O2/c1-12-8-3-5-2-7(11)10-6(5)4-9-8/h3-4H,2H2,1H3,(H,10,11). The maximum atomic E-state index is 10.9. The zero-order valence-electron chi connectivity index (χ0n) is 6.63. The van der Waals surface area contributed by atoms with Gasteiger partial charge < -0.3 is 10.1 Å². The summed E-state index contributed by atoms with van der Waals surface area (Å²) in [6.07, 6.45) is 2.04. The quantitative estimate of drug-likeness (QED) is 0.660. The highest BCUT2D eigenvalue weighted by atomic mass is 16.5. The predicted octanol–water partition coefficient (Wildman–Crippen LogP) is 0.585. The second-order valence-corrected chi connectivity index (χ2v) is 2.61. The lowest BCUT2D eigenvalue weighted by Crippen LogP contribution is -2.03. The van der Waals surface area contributed by atoms with E-state index in [9.17, 15) is 4.79 Å². The van der Waals surface area contributed by atoms with Crippen molar-refractivity contribution in [2.45, 2.75) is 6.42 Å². The van der Waals surface area contributed by atoms with Crippen LogP contribution in [0.3, 0.4) is 0 Å². The molecule has 1 aliphatic heterocycles. The van der Waals surface area contributed by atoms with Crippen LogP contribution in [-0.4, -0.2) is 18.0 Å². The molecule has 0 atom stereocenters. The van der Waals surface area contributed by atoms with E-state index in [1.165, 1.54) is 0 Å². The van der Waals surface area contributed by atoms with E-state index in [0.29, 0.717) is 12.3 Å². The molecule has 4 nitrogen and oxygen atoms in total. The Labute approximate surface area is 69.6 Å². The van der Waals surface area contributed by atoms with Gasteiger partial charge in [-0.3, -0.25) is 4.79 Å². The Morgan fingerprint density at radius 1 is 1.67 bits per heavy atom. The molecule has 0 aromatic carbocycles. The van der Waals surface area contributed by atoms with Crippen LogP contribution in [-0.2, 0) is 11.2 Å². The third-order valence-corrected chi connectivity index (χ3v) is 1.80. The molecule has 0 unspecified atom stereocenters. The Kier molecular flexibility index (Phi) is 1.46. The minimum absolute atomic E-state index is 0.0139. The highest BCUT2D eigenvalue weighted by Gasteiger charge is 2.18. The van der Waals surface area contributed by atoms with Crippen LogP contribution in [0.25, 0.3) is 0 Å². The monoisotopic (exact) mass is 164 g/mol. The van der Waals surface area contributed by atoms with Crippen LogP contribution in [0, 0.1) is 0 Å². The number of carbonyl (C=O) groups is 1. The topological polar surface area (TPSA) is 51.2 Å². The fraction of sp³-hybridized carbons (Fsp3) is 0.250. The maximum absolute atomic E-state index is 10.9. The zero-order valence-corrected chi connectivity index (χ0v) is 6.63. The van der Waals surface area contributed by atoms with Gasteiger partial charge in [0, 0.05) is 6.07 Å². The van der Waals surface area contributed by atoms with Crippen molar-refractivity contribution in [1.82, 2.24) is 4.98 Å². The second kappa shape index (κ2) is 2.48. The molecule has 0 radical (unpaired) electrons. The highest BCUT2D eigenvalue weighted by molar-refractivity contribution is 5.98. The molecule has 1 aromatic heterocycles. The number of nitrogens with one attached hydrogen (secondary N) is 1. The van der Waals surface area contributed by atoms with Gasteiger partial charge in [0.2, 0.25) is 11.8 Å². The molecule has 0 bridgehead atoms. The first kappa shape index (κ1) is 7.09. The van der Waals surface area contributed by atoms with Crippen molar-refractivity contribution in [3.63, 3.8) is 0 Å². The molecule has 0 saturated heterocycles. The summed E-state index contributed by atoms with van der Waals surface area (Å²) in [6.45, 7) is 0. The van der Waals surface area contributed by atoms with Crippen molar-refractivity contribution in [3.8, 4) is 5.88 Å². The molecule has 0 saturated carbocycles. The van der Waals surface area contributed by atoms with E-state index in [4.69, 9.17) is 4.74 Å². The van der Waals surface area contributed by atoms with Crippen LogP contribution < -0.4 is 10.1 Å². The number of ether oxygens (including phenoxy) is 1. The van der Waals surface area contributed by atoms with Crippen molar-refractivity contribution in [2.24, 2.45) is 0 Å². The smallest absolute Gasteiger partial charge is 0.228 e. The van der Waals surface area contributed by atoms with Crippen LogP contribution in [0.4, 0.5) is 5.69 Å². The minimum atomic E-state index is 0.0139. The fourth-order valence-electron chi connectivity index (χ4n) is 1.21. The summed E-state index contributed by atoms with van der Waals surface area (Å²) in [5.74, 6) is 0.560. The number of aromatic nitrogens is 1. The van der Waals surface area contributed by atoms with E-state index >= 15 is 0 Å². The third-order valence-electron chi connectivity index (χ3n) is 1.80. The first-order valence-electron chi connectivity index (χ1n) is 3.62. The molecule has 62 valence electrons. The first-order valence-corrected chi connectivity index (χ1v) is 3.62. The lowest BCUT2D eigenvalue weighted by molar-refractivity contribution is -0.115. The summed E-state index contributed by atoms with van der Waals surface area (Å²) in [6, 6.07) is 1.77. The SMILES string of the molecule is COc1cc2c(cn1)NC(=O)C2. The Balaban J connectivity index is 2.41. The number of anilines is 1. The molecule has 1 amide bonds. The van der Waals surface area contributed by atoms with Crippen molar-refractivity contribution in [2.75, 3.05) is 12.4 Å². The third kappa shape index (κ3) is 1.01. The summed E-state index contributed by atoms with van der Waals surface area (Å²) in [7, 11) is 1.55. The van der Waals surface area contributed by atoms with E-state index in [-0.39, 0.29) is 5.91 Å². The minimum Gasteiger partial charge on any atom is -0.481 e. The molecule has 0 fully saturated rings. The number of rotatable bonds is 1. The van der Waals surface area contributed by atoms with Crippen molar-refractivity contribution in [3.05, 3.63) is 17.8 Å². The van der Waals surface area contributed by atoms with Gasteiger partial charge in [-0.2, -0.15) is 0 Å². The van der Waals surface area contributed by atoms with Gasteiger partial charge in [-0.25, -0.2) is 4.98 Å². The predicted molar refractivity (Wildman–Crippen MR) is 43.1 cm³/mol. The van der Waals surface area contributed by atoms with Crippen LogP contribution >= 0.6 is 0 Å². The Bertz CT molecular complexity index is 336. The van der Waals surface area contributed by atoms with Gasteiger partial charge in [0.25, 0.3) is 0 Å². The van der Waals surface area contributed by atoms with E-state index in [1.54, 1.807) is 19.4 Å². The van der Waals surface area contributed by atoms with Crippen LogP contribution in [0.5, 0.6) is 5.88 Å². The number of pyridine rings is 1. The molecule has 12 heavy (non-hydrogen) atoms. The largest absolute Gasteiger partial charge is 0.481 e. The number of carbonyl (C=O) groups excluding carboxylic acids is 1. The second-order valence-electron chi connectivity index (χ2n) is 2.61. The number of hydrogen-bond donors (Lipinski definition) is 1. The number of hydrogen-bond acceptors (Lipinski definition) is 3. The maximum Gasteiger partial charge on any atom is 0.228 e. The van der Waals surface area contributed by atoms with E-state index < -0.39 is 0 Å². The highest BCUT2D eigenvalue weighted by Crippen LogP contribution is 2.24. The molecule has 2 rings (SSSR count). The normalized spacial score (nSPS) is 13.9. The Morgan fingerprint density at radius 2 is 2.50 bits per heavy atom. The van der Waals surface area contributed by atoms with E-state index in [1.807, 2.05) is 0 Å². The molecule has 0 aliphatic carbocycles. The van der Waals surface area contributed by atoms with Crippen molar-refractivity contribution >= 4 is 11.6 Å². The molecular weight excluding hydrogens is 156 g/mol. The van der Waals surface area contributed by atoms with Crippen LogP contribution in [0.2, 0.25) is 0 Å². The van der Waals surface area contributed by atoms with Gasteiger partial charge >= 0.3 is 0 Å². The Hall–Kier alpha value is -1.58. The molecule has 0 spiro atoms. The Morgan fingerprint density at radius 3 is 3.25 bits per heavy atom. The zero-order chi connectivity index (χ0) is 8.55. The number of fused-ring (bicyclic) bond motifs is 1. The average molecular weight is 164 g/mol. The molecular formula is C8H8N2O2. The van der Waals surface area contributed by atoms with E-state index in [2.05, 4.69) is 10.3 Å². The lowest BCUT2D eigenvalue weighted by Gasteiger charge is -2.00. The summed E-state index contributed by atoms with van der Waals surface area (Å²) < 4.78 is 4.92. The lowest BCUT2D eigenvalue weighted by atomic mass is 10.2. The van der Waals surface area contributed by atoms with Crippen LogP contribution in [0.15, 0.2) is 12.3 Å². The van der Waals surface area contributed by atoms with Gasteiger partial charge in [0.05, 0.1) is 25.4 Å². The van der Waals surface area contributed by atoms with Crippen LogP contribution in [0.1, 0.15) is 5.56 Å². The summed E-state index contributed by atoms with van der Waals surface area (Å²) in [5.41, 5.74) is 1.74. The van der Waals surface area contributed by atoms with Crippen molar-refractivity contribution < 1.29 is 9.53 Å². The molecule has 2 heterocycles. The van der Waals surface area contributed by atoms with Gasteiger partial charge in [0.15, 0.2) is 0 Å². The van der Waals surface area contributed by atoms with Gasteiger partial charge in [0.1, 0.15) is 0 Å².